The van der Waals surface area contributed by atoms with Crippen molar-refractivity contribution in [1.82, 2.24) is 19.7 Å². The van der Waals surface area contributed by atoms with Crippen LogP contribution in [0.1, 0.15) is 46.8 Å². The van der Waals surface area contributed by atoms with Crippen molar-refractivity contribution in [2.45, 2.75) is 38.3 Å². The summed E-state index contributed by atoms with van der Waals surface area (Å²) >= 11 is 0. The summed E-state index contributed by atoms with van der Waals surface area (Å²) in [6, 6.07) is 14.4. The van der Waals surface area contributed by atoms with Crippen molar-refractivity contribution >= 4 is 5.91 Å². The minimum atomic E-state index is -0.235. The summed E-state index contributed by atoms with van der Waals surface area (Å²) in [5.41, 5.74) is 2.59. The first-order chi connectivity index (χ1) is 15.2. The zero-order chi connectivity index (χ0) is 21.2. The Bertz CT molecular complexity index is 981. The highest BCUT2D eigenvalue weighted by atomic mass is 16.2. The highest BCUT2D eigenvalue weighted by molar-refractivity contribution is 5.93. The predicted octanol–water partition coefficient (Wildman–Crippen LogP) is 2.29. The number of pyridine rings is 1. The molecule has 0 spiro atoms. The monoisotopic (exact) mass is 420 g/mol. The number of carbonyl (C=O) groups is 1. The minimum Gasteiger partial charge on any atom is -0.351 e. The first kappa shape index (κ1) is 20.5. The Labute approximate surface area is 183 Å². The third kappa shape index (κ3) is 4.46. The molecule has 2 saturated heterocycles. The van der Waals surface area contributed by atoms with Gasteiger partial charge < -0.3 is 14.8 Å². The molecule has 1 N–H and O–H groups in total. The van der Waals surface area contributed by atoms with Crippen LogP contribution < -0.4 is 10.9 Å². The van der Waals surface area contributed by atoms with Crippen LogP contribution in [0.5, 0.6) is 0 Å². The molecule has 0 saturated carbocycles. The van der Waals surface area contributed by atoms with E-state index >= 15 is 0 Å². The summed E-state index contributed by atoms with van der Waals surface area (Å²) in [6.45, 7) is 7.32. The fourth-order valence-electron chi connectivity index (χ4n) is 5.62. The maximum absolute atomic E-state index is 13.2. The molecule has 31 heavy (non-hydrogen) atoms. The Morgan fingerprint density at radius 1 is 0.968 bits per heavy atom. The maximum Gasteiger partial charge on any atom is 0.263 e. The highest BCUT2D eigenvalue weighted by Gasteiger charge is 2.35. The van der Waals surface area contributed by atoms with E-state index in [2.05, 4.69) is 45.4 Å². The van der Waals surface area contributed by atoms with E-state index in [-0.39, 0.29) is 17.0 Å². The molecule has 0 unspecified atom stereocenters. The van der Waals surface area contributed by atoms with Gasteiger partial charge in [0.25, 0.3) is 11.5 Å². The summed E-state index contributed by atoms with van der Waals surface area (Å²) in [6.07, 6.45) is 3.61. The quantitative estimate of drug-likeness (QED) is 0.779. The number of hydrogen-bond donors (Lipinski definition) is 1. The van der Waals surface area contributed by atoms with Gasteiger partial charge in [0.05, 0.1) is 0 Å². The molecule has 3 aliphatic heterocycles. The van der Waals surface area contributed by atoms with Crippen molar-refractivity contribution in [2.24, 2.45) is 5.92 Å². The van der Waals surface area contributed by atoms with E-state index in [1.165, 1.54) is 18.4 Å². The number of hydrogen-bond acceptors (Lipinski definition) is 4. The van der Waals surface area contributed by atoms with Gasteiger partial charge in [-0.25, -0.2) is 0 Å². The second-order valence-electron chi connectivity index (χ2n) is 9.37. The lowest BCUT2D eigenvalue weighted by atomic mass is 9.82. The molecule has 1 aromatic heterocycles. The Hall–Kier alpha value is -2.44. The van der Waals surface area contributed by atoms with Gasteiger partial charge in [-0.05, 0) is 56.0 Å². The summed E-state index contributed by atoms with van der Waals surface area (Å²) in [7, 11) is 0. The number of piperidine rings is 1. The SMILES string of the molecule is O=C(NCCN1CCCC1)c1ccc2n(c1=O)C[C@H]1C[C@@H]2CN(Cc2ccccc2)C1. The summed E-state index contributed by atoms with van der Waals surface area (Å²) in [5.74, 6) is 0.582. The number of nitrogens with zero attached hydrogens (tertiary/aromatic N) is 3. The summed E-state index contributed by atoms with van der Waals surface area (Å²) in [5, 5.41) is 2.96. The van der Waals surface area contributed by atoms with Crippen LogP contribution in [0, 0.1) is 5.92 Å². The minimum absolute atomic E-state index is 0.123. The van der Waals surface area contributed by atoms with E-state index in [1.807, 2.05) is 10.6 Å². The molecule has 1 amide bonds. The molecular weight excluding hydrogens is 388 g/mol. The topological polar surface area (TPSA) is 57.6 Å². The second-order valence-corrected chi connectivity index (χ2v) is 9.37. The molecule has 5 rings (SSSR count). The van der Waals surface area contributed by atoms with E-state index in [0.29, 0.717) is 24.9 Å². The zero-order valence-electron chi connectivity index (χ0n) is 18.1. The zero-order valence-corrected chi connectivity index (χ0v) is 18.1. The lowest BCUT2D eigenvalue weighted by Gasteiger charge is -2.43. The molecule has 6 heteroatoms. The molecule has 2 fully saturated rings. The average molecular weight is 421 g/mol. The molecule has 0 aliphatic carbocycles. The van der Waals surface area contributed by atoms with Crippen LogP contribution in [0.2, 0.25) is 0 Å². The van der Waals surface area contributed by atoms with Crippen molar-refractivity contribution in [2.75, 3.05) is 39.3 Å². The number of aromatic nitrogens is 1. The van der Waals surface area contributed by atoms with Crippen molar-refractivity contribution in [3.8, 4) is 0 Å². The fourth-order valence-corrected chi connectivity index (χ4v) is 5.62. The molecule has 4 heterocycles. The Morgan fingerprint density at radius 3 is 2.58 bits per heavy atom. The van der Waals surface area contributed by atoms with Crippen molar-refractivity contribution in [3.05, 3.63) is 69.6 Å². The predicted molar refractivity (Wildman–Crippen MR) is 121 cm³/mol. The molecule has 164 valence electrons. The van der Waals surface area contributed by atoms with Gasteiger partial charge in [0, 0.05) is 50.9 Å². The molecule has 3 aliphatic rings. The van der Waals surface area contributed by atoms with Gasteiger partial charge >= 0.3 is 0 Å². The standard InChI is InChI=1S/C25H32N4O2/c30-24(26-10-13-27-11-4-5-12-27)22-8-9-23-21-14-20(17-29(23)25(22)31)16-28(18-21)15-19-6-2-1-3-7-19/h1-3,6-9,20-21H,4-5,10-18H2,(H,26,30)/t20-,21+/m0/s1. The van der Waals surface area contributed by atoms with Gasteiger partial charge in [-0.1, -0.05) is 30.3 Å². The van der Waals surface area contributed by atoms with Crippen molar-refractivity contribution in [1.29, 1.82) is 0 Å². The van der Waals surface area contributed by atoms with Gasteiger partial charge in [-0.3, -0.25) is 14.5 Å². The number of rotatable bonds is 6. The van der Waals surface area contributed by atoms with Gasteiger partial charge in [0.15, 0.2) is 0 Å². The largest absolute Gasteiger partial charge is 0.351 e. The lowest BCUT2D eigenvalue weighted by Crippen LogP contribution is -2.48. The van der Waals surface area contributed by atoms with Gasteiger partial charge in [-0.15, -0.1) is 0 Å². The normalized spacial score (nSPS) is 23.5. The van der Waals surface area contributed by atoms with Gasteiger partial charge in [0.2, 0.25) is 0 Å². The number of amides is 1. The molecule has 2 bridgehead atoms. The van der Waals surface area contributed by atoms with Crippen LogP contribution in [0.25, 0.3) is 0 Å². The van der Waals surface area contributed by atoms with Crippen LogP contribution in [0.15, 0.2) is 47.3 Å². The third-order valence-electron chi connectivity index (χ3n) is 7.09. The van der Waals surface area contributed by atoms with Crippen molar-refractivity contribution in [3.63, 3.8) is 0 Å². The van der Waals surface area contributed by atoms with Gasteiger partial charge in [-0.2, -0.15) is 0 Å². The Kier molecular flexibility index (Phi) is 5.92. The van der Waals surface area contributed by atoms with Crippen LogP contribution in [0.3, 0.4) is 0 Å². The summed E-state index contributed by atoms with van der Waals surface area (Å²) < 4.78 is 1.88. The third-order valence-corrected chi connectivity index (χ3v) is 7.09. The molecule has 6 nitrogen and oxygen atoms in total. The lowest BCUT2D eigenvalue weighted by molar-refractivity contribution is 0.0942. The number of carbonyl (C=O) groups excluding carboxylic acids is 1. The van der Waals surface area contributed by atoms with E-state index in [9.17, 15) is 9.59 Å². The number of nitrogens with one attached hydrogen (secondary N) is 1. The summed E-state index contributed by atoms with van der Waals surface area (Å²) in [4.78, 5) is 30.7. The molecule has 1 aromatic carbocycles. The van der Waals surface area contributed by atoms with E-state index in [1.54, 1.807) is 6.07 Å². The van der Waals surface area contributed by atoms with Crippen LogP contribution in [-0.4, -0.2) is 59.5 Å². The van der Waals surface area contributed by atoms with Gasteiger partial charge in [0.1, 0.15) is 5.56 Å². The molecular formula is C25H32N4O2. The Balaban J connectivity index is 1.26. The molecule has 2 aromatic rings. The van der Waals surface area contributed by atoms with E-state index in [4.69, 9.17) is 0 Å². The number of benzene rings is 1. The highest BCUT2D eigenvalue weighted by Crippen LogP contribution is 2.35. The first-order valence-corrected chi connectivity index (χ1v) is 11.7. The van der Waals surface area contributed by atoms with E-state index < -0.39 is 0 Å². The molecule has 2 atom stereocenters. The smallest absolute Gasteiger partial charge is 0.263 e. The van der Waals surface area contributed by atoms with Crippen molar-refractivity contribution < 1.29 is 4.79 Å². The molecule has 0 radical (unpaired) electrons. The number of likely N-dealkylation sites (tertiary alicyclic amines) is 2. The van der Waals surface area contributed by atoms with Crippen LogP contribution in [0.4, 0.5) is 0 Å². The first-order valence-electron chi connectivity index (χ1n) is 11.7. The van der Waals surface area contributed by atoms with E-state index in [0.717, 1.165) is 51.4 Å². The van der Waals surface area contributed by atoms with Crippen LogP contribution in [-0.2, 0) is 13.1 Å². The second kappa shape index (κ2) is 8.97. The van der Waals surface area contributed by atoms with Crippen LogP contribution >= 0.6 is 0 Å². The Morgan fingerprint density at radius 2 is 1.77 bits per heavy atom. The average Bonchev–Trinajstić information content (AvgIpc) is 3.29. The number of fused-ring (bicyclic) bond motifs is 4. The maximum atomic E-state index is 13.2. The fraction of sp³-hybridized carbons (Fsp3) is 0.520.